The zero-order valence-corrected chi connectivity index (χ0v) is 13.4. The van der Waals surface area contributed by atoms with E-state index in [0.29, 0.717) is 17.7 Å². The van der Waals surface area contributed by atoms with Gasteiger partial charge in [0, 0.05) is 6.20 Å². The summed E-state index contributed by atoms with van der Waals surface area (Å²) in [6.07, 6.45) is 14.2. The van der Waals surface area contributed by atoms with Crippen LogP contribution in [0.5, 0.6) is 0 Å². The van der Waals surface area contributed by atoms with E-state index in [-0.39, 0.29) is 6.04 Å². The third-order valence-corrected chi connectivity index (χ3v) is 5.41. The topological polar surface area (TPSA) is 62.1 Å². The molecule has 0 aromatic rings. The number of ether oxygens (including phenoxy) is 1. The average Bonchev–Trinajstić information content (AvgIpc) is 3.33. The molecular weight excluding hydrogens is 292 g/mol. The maximum atomic E-state index is 11.7. The van der Waals surface area contributed by atoms with Gasteiger partial charge in [0.05, 0.1) is 12.6 Å². The molecule has 2 fully saturated rings. The average molecular weight is 316 g/mol. The molecule has 2 heterocycles. The third kappa shape index (κ3) is 2.89. The second-order valence-electron chi connectivity index (χ2n) is 7.16. The molecule has 0 saturated heterocycles. The number of allylic oxidation sites excluding steroid dienone is 2. The minimum absolute atomic E-state index is 0.132. The predicted molar refractivity (Wildman–Crippen MR) is 87.0 cm³/mol. The fourth-order valence-corrected chi connectivity index (χ4v) is 3.97. The normalized spacial score (nSPS) is 30.7. The summed E-state index contributed by atoms with van der Waals surface area (Å²) in [5, 5.41) is 9.61. The van der Waals surface area contributed by atoms with Crippen molar-refractivity contribution in [2.45, 2.75) is 57.0 Å². The number of carboxylic acids is 1. The standard InChI is InChI=1S/C18H24N2O3/c21-18(22)16-15(13-8-9-13)19-17-14(7-4-10-20(16)17)23-11-12-5-2-1-3-6-12/h4,7,10,12-13,15-16H,1-3,5-6,8-9,11H2,(H,21,22). The molecule has 4 rings (SSSR count). The van der Waals surface area contributed by atoms with E-state index in [1.807, 2.05) is 18.4 Å². The van der Waals surface area contributed by atoms with Crippen LogP contribution in [0.1, 0.15) is 44.9 Å². The summed E-state index contributed by atoms with van der Waals surface area (Å²) in [7, 11) is 0. The van der Waals surface area contributed by atoms with E-state index in [4.69, 9.17) is 9.73 Å². The summed E-state index contributed by atoms with van der Waals surface area (Å²) in [5.74, 6) is 1.71. The fourth-order valence-electron chi connectivity index (χ4n) is 3.97. The number of hydrogen-bond donors (Lipinski definition) is 1. The molecule has 0 spiro atoms. The van der Waals surface area contributed by atoms with Gasteiger partial charge in [-0.3, -0.25) is 4.99 Å². The first-order valence-corrected chi connectivity index (χ1v) is 8.84. The molecule has 0 aromatic carbocycles. The lowest BCUT2D eigenvalue weighted by atomic mass is 9.90. The van der Waals surface area contributed by atoms with Crippen molar-refractivity contribution in [3.8, 4) is 0 Å². The van der Waals surface area contributed by atoms with Crippen LogP contribution < -0.4 is 0 Å². The molecule has 4 aliphatic rings. The van der Waals surface area contributed by atoms with Gasteiger partial charge in [-0.25, -0.2) is 4.79 Å². The first-order valence-electron chi connectivity index (χ1n) is 8.84. The van der Waals surface area contributed by atoms with Crippen molar-refractivity contribution in [1.82, 2.24) is 4.90 Å². The summed E-state index contributed by atoms with van der Waals surface area (Å²) in [5.41, 5.74) is 0. The Bertz CT molecular complexity index is 571. The molecule has 2 saturated carbocycles. The molecule has 2 atom stereocenters. The van der Waals surface area contributed by atoms with Gasteiger partial charge in [0.1, 0.15) is 0 Å². The van der Waals surface area contributed by atoms with Crippen LogP contribution in [0, 0.1) is 11.8 Å². The van der Waals surface area contributed by atoms with Crippen LogP contribution in [0.4, 0.5) is 0 Å². The number of fused-ring (bicyclic) bond motifs is 1. The van der Waals surface area contributed by atoms with Crippen molar-refractivity contribution in [1.29, 1.82) is 0 Å². The Kier molecular flexibility index (Phi) is 3.87. The molecule has 5 heteroatoms. The van der Waals surface area contributed by atoms with Crippen molar-refractivity contribution < 1.29 is 14.6 Å². The Hall–Kier alpha value is -1.78. The van der Waals surface area contributed by atoms with E-state index >= 15 is 0 Å². The molecule has 0 bridgehead atoms. The minimum atomic E-state index is -0.793. The SMILES string of the molecule is O=C(O)C1C(C2CC2)N=C2C(OCC3CCCCC3)=CC=CN21. The Balaban J connectivity index is 1.48. The van der Waals surface area contributed by atoms with E-state index in [9.17, 15) is 9.90 Å². The highest BCUT2D eigenvalue weighted by Gasteiger charge is 2.49. The van der Waals surface area contributed by atoms with Gasteiger partial charge < -0.3 is 14.7 Å². The van der Waals surface area contributed by atoms with Crippen LogP contribution in [0.2, 0.25) is 0 Å². The lowest BCUT2D eigenvalue weighted by molar-refractivity contribution is -0.141. The summed E-state index contributed by atoms with van der Waals surface area (Å²) in [6, 6.07) is -0.706. The lowest BCUT2D eigenvalue weighted by Gasteiger charge is -2.28. The molecule has 2 unspecified atom stereocenters. The third-order valence-electron chi connectivity index (χ3n) is 5.41. The molecule has 2 aliphatic carbocycles. The van der Waals surface area contributed by atoms with Crippen molar-refractivity contribution in [2.24, 2.45) is 16.8 Å². The Morgan fingerprint density at radius 3 is 2.74 bits per heavy atom. The van der Waals surface area contributed by atoms with E-state index in [1.165, 1.54) is 32.1 Å². The highest BCUT2D eigenvalue weighted by molar-refractivity contribution is 6.03. The summed E-state index contributed by atoms with van der Waals surface area (Å²) >= 11 is 0. The molecule has 0 amide bonds. The van der Waals surface area contributed by atoms with Crippen LogP contribution in [-0.4, -0.2) is 40.5 Å². The van der Waals surface area contributed by atoms with Crippen LogP contribution in [-0.2, 0) is 9.53 Å². The Morgan fingerprint density at radius 2 is 2.04 bits per heavy atom. The number of carbonyl (C=O) groups is 1. The number of amidine groups is 1. The molecule has 1 N–H and O–H groups in total. The van der Waals surface area contributed by atoms with Crippen molar-refractivity contribution >= 4 is 11.8 Å². The first-order chi connectivity index (χ1) is 11.2. The number of hydrogen-bond acceptors (Lipinski definition) is 4. The molecule has 23 heavy (non-hydrogen) atoms. The second-order valence-corrected chi connectivity index (χ2v) is 7.16. The summed E-state index contributed by atoms with van der Waals surface area (Å²) < 4.78 is 6.06. The van der Waals surface area contributed by atoms with Gasteiger partial charge in [-0.15, -0.1) is 0 Å². The zero-order chi connectivity index (χ0) is 15.8. The van der Waals surface area contributed by atoms with E-state index in [0.717, 1.165) is 25.2 Å². The van der Waals surface area contributed by atoms with Crippen LogP contribution in [0.15, 0.2) is 29.1 Å². The van der Waals surface area contributed by atoms with Gasteiger partial charge in [-0.05, 0) is 49.7 Å². The highest BCUT2D eigenvalue weighted by atomic mass is 16.5. The molecular formula is C18H24N2O3. The Morgan fingerprint density at radius 1 is 1.26 bits per heavy atom. The minimum Gasteiger partial charge on any atom is -0.489 e. The van der Waals surface area contributed by atoms with Crippen molar-refractivity contribution in [3.05, 3.63) is 24.1 Å². The smallest absolute Gasteiger partial charge is 0.328 e. The maximum Gasteiger partial charge on any atom is 0.328 e. The quantitative estimate of drug-likeness (QED) is 0.847. The summed E-state index contributed by atoms with van der Waals surface area (Å²) in [6.45, 7) is 0.721. The van der Waals surface area contributed by atoms with Gasteiger partial charge >= 0.3 is 5.97 Å². The van der Waals surface area contributed by atoms with Gasteiger partial charge in [0.25, 0.3) is 0 Å². The second kappa shape index (κ2) is 6.02. The van der Waals surface area contributed by atoms with E-state index < -0.39 is 12.0 Å². The van der Waals surface area contributed by atoms with Crippen LogP contribution in [0.25, 0.3) is 0 Å². The van der Waals surface area contributed by atoms with Crippen LogP contribution in [0.3, 0.4) is 0 Å². The molecule has 2 aliphatic heterocycles. The number of carboxylic acid groups (broad SMARTS) is 1. The molecule has 124 valence electrons. The maximum absolute atomic E-state index is 11.7. The van der Waals surface area contributed by atoms with Crippen LogP contribution >= 0.6 is 0 Å². The molecule has 0 radical (unpaired) electrons. The van der Waals surface area contributed by atoms with Crippen molar-refractivity contribution in [2.75, 3.05) is 6.61 Å². The van der Waals surface area contributed by atoms with Crippen molar-refractivity contribution in [3.63, 3.8) is 0 Å². The number of rotatable bonds is 5. The van der Waals surface area contributed by atoms with Gasteiger partial charge in [0.2, 0.25) is 0 Å². The molecule has 5 nitrogen and oxygen atoms in total. The van der Waals surface area contributed by atoms with E-state index in [2.05, 4.69) is 0 Å². The Labute approximate surface area is 136 Å². The predicted octanol–water partition coefficient (Wildman–Crippen LogP) is 2.94. The largest absolute Gasteiger partial charge is 0.489 e. The van der Waals surface area contributed by atoms with Gasteiger partial charge in [-0.1, -0.05) is 19.3 Å². The van der Waals surface area contributed by atoms with E-state index in [1.54, 1.807) is 4.90 Å². The molecule has 0 aromatic heterocycles. The van der Waals surface area contributed by atoms with Gasteiger partial charge in [0.15, 0.2) is 17.6 Å². The first kappa shape index (κ1) is 14.8. The summed E-state index contributed by atoms with van der Waals surface area (Å²) in [4.78, 5) is 18.2. The highest BCUT2D eigenvalue weighted by Crippen LogP contribution is 2.41. The van der Waals surface area contributed by atoms with Gasteiger partial charge in [-0.2, -0.15) is 0 Å². The lowest BCUT2D eigenvalue weighted by Crippen LogP contribution is -2.44. The number of aliphatic carboxylic acids is 1. The number of nitrogens with zero attached hydrogens (tertiary/aromatic N) is 2. The zero-order valence-electron chi connectivity index (χ0n) is 13.4. The monoisotopic (exact) mass is 316 g/mol. The fraction of sp³-hybridized carbons (Fsp3) is 0.667. The number of aliphatic imine (C=N–C) groups is 1.